The fraction of sp³-hybridized carbons (Fsp3) is 0.583. The van der Waals surface area contributed by atoms with Crippen LogP contribution in [0.1, 0.15) is 24.7 Å². The molecule has 0 aliphatic heterocycles. The molecule has 0 aromatic carbocycles. The van der Waals surface area contributed by atoms with Crippen molar-refractivity contribution in [2.24, 2.45) is 5.73 Å². The fourth-order valence-electron chi connectivity index (χ4n) is 1.26. The van der Waals surface area contributed by atoms with Crippen LogP contribution >= 0.6 is 0 Å². The van der Waals surface area contributed by atoms with Crippen LogP contribution in [0.2, 0.25) is 0 Å². The Kier molecular flexibility index (Phi) is 6.72. The first-order chi connectivity index (χ1) is 7.86. The molecule has 4 heteroatoms. The summed E-state index contributed by atoms with van der Waals surface area (Å²) in [5, 5.41) is 0. The van der Waals surface area contributed by atoms with Crippen LogP contribution in [0, 0.1) is 0 Å². The smallest absolute Gasteiger partial charge is 0.0889 e. The highest BCUT2D eigenvalue weighted by Crippen LogP contribution is 2.00. The SMILES string of the molecule is CCCOCCOCc1cccc(CN)n1. The predicted octanol–water partition coefficient (Wildman–Crippen LogP) is 1.48. The van der Waals surface area contributed by atoms with Gasteiger partial charge in [0, 0.05) is 13.2 Å². The lowest BCUT2D eigenvalue weighted by Gasteiger charge is -2.05. The number of rotatable bonds is 8. The van der Waals surface area contributed by atoms with Gasteiger partial charge in [0.2, 0.25) is 0 Å². The van der Waals surface area contributed by atoms with Gasteiger partial charge in [-0.1, -0.05) is 13.0 Å². The average molecular weight is 224 g/mol. The van der Waals surface area contributed by atoms with Gasteiger partial charge >= 0.3 is 0 Å². The van der Waals surface area contributed by atoms with Crippen molar-refractivity contribution in [3.63, 3.8) is 0 Å². The van der Waals surface area contributed by atoms with Crippen LogP contribution < -0.4 is 5.73 Å². The molecule has 0 atom stereocenters. The lowest BCUT2D eigenvalue weighted by Crippen LogP contribution is -2.07. The first-order valence-corrected chi connectivity index (χ1v) is 5.67. The second kappa shape index (κ2) is 8.21. The molecule has 1 heterocycles. The molecule has 0 saturated carbocycles. The Morgan fingerprint density at radius 2 is 1.88 bits per heavy atom. The van der Waals surface area contributed by atoms with E-state index in [1.54, 1.807) is 0 Å². The molecular formula is C12H20N2O2. The third kappa shape index (κ3) is 5.21. The van der Waals surface area contributed by atoms with E-state index in [1.165, 1.54) is 0 Å². The maximum atomic E-state index is 5.51. The molecule has 1 aromatic heterocycles. The highest BCUT2D eigenvalue weighted by molar-refractivity contribution is 5.10. The van der Waals surface area contributed by atoms with E-state index in [2.05, 4.69) is 11.9 Å². The number of hydrogen-bond acceptors (Lipinski definition) is 4. The van der Waals surface area contributed by atoms with Crippen LogP contribution in [0.5, 0.6) is 0 Å². The van der Waals surface area contributed by atoms with Gasteiger partial charge in [-0.3, -0.25) is 4.98 Å². The molecule has 0 bridgehead atoms. The van der Waals surface area contributed by atoms with Crippen LogP contribution in [0.3, 0.4) is 0 Å². The van der Waals surface area contributed by atoms with Gasteiger partial charge in [0.25, 0.3) is 0 Å². The molecule has 0 fully saturated rings. The first kappa shape index (κ1) is 13.1. The zero-order valence-electron chi connectivity index (χ0n) is 9.82. The normalized spacial score (nSPS) is 10.6. The van der Waals surface area contributed by atoms with Gasteiger partial charge in [0.1, 0.15) is 0 Å². The van der Waals surface area contributed by atoms with Crippen LogP contribution in [0.15, 0.2) is 18.2 Å². The van der Waals surface area contributed by atoms with Crippen LogP contribution in [-0.4, -0.2) is 24.8 Å². The Morgan fingerprint density at radius 3 is 2.62 bits per heavy atom. The van der Waals surface area contributed by atoms with Crippen molar-refractivity contribution < 1.29 is 9.47 Å². The molecule has 2 N–H and O–H groups in total. The minimum atomic E-state index is 0.466. The number of nitrogens with two attached hydrogens (primary N) is 1. The van der Waals surface area contributed by atoms with E-state index in [0.717, 1.165) is 24.4 Å². The van der Waals surface area contributed by atoms with E-state index in [-0.39, 0.29) is 0 Å². The Morgan fingerprint density at radius 1 is 1.12 bits per heavy atom. The molecule has 0 spiro atoms. The van der Waals surface area contributed by atoms with Gasteiger partial charge in [-0.25, -0.2) is 0 Å². The number of ether oxygens (including phenoxy) is 2. The quantitative estimate of drug-likeness (QED) is 0.680. The van der Waals surface area contributed by atoms with Gasteiger partial charge < -0.3 is 15.2 Å². The maximum absolute atomic E-state index is 5.51. The summed E-state index contributed by atoms with van der Waals surface area (Å²) in [7, 11) is 0. The van der Waals surface area contributed by atoms with E-state index >= 15 is 0 Å². The molecule has 0 amide bonds. The van der Waals surface area contributed by atoms with Crippen LogP contribution in [0.4, 0.5) is 0 Å². The molecule has 0 aliphatic carbocycles. The second-order valence-electron chi connectivity index (χ2n) is 3.49. The number of hydrogen-bond donors (Lipinski definition) is 1. The topological polar surface area (TPSA) is 57.4 Å². The number of aromatic nitrogens is 1. The zero-order valence-corrected chi connectivity index (χ0v) is 9.82. The largest absolute Gasteiger partial charge is 0.379 e. The zero-order chi connectivity index (χ0) is 11.6. The molecule has 90 valence electrons. The summed E-state index contributed by atoms with van der Waals surface area (Å²) in [5.74, 6) is 0. The van der Waals surface area contributed by atoms with Crippen molar-refractivity contribution in [1.82, 2.24) is 4.98 Å². The van der Waals surface area contributed by atoms with E-state index in [4.69, 9.17) is 15.2 Å². The molecule has 1 rings (SSSR count). The fourth-order valence-corrected chi connectivity index (χ4v) is 1.26. The van der Waals surface area contributed by atoms with Crippen molar-refractivity contribution in [3.8, 4) is 0 Å². The molecule has 0 radical (unpaired) electrons. The highest BCUT2D eigenvalue weighted by atomic mass is 16.5. The van der Waals surface area contributed by atoms with E-state index in [9.17, 15) is 0 Å². The summed E-state index contributed by atoms with van der Waals surface area (Å²) in [5.41, 5.74) is 7.31. The van der Waals surface area contributed by atoms with Gasteiger partial charge in [0.15, 0.2) is 0 Å². The van der Waals surface area contributed by atoms with Crippen molar-refractivity contribution in [3.05, 3.63) is 29.6 Å². The van der Waals surface area contributed by atoms with E-state index in [0.29, 0.717) is 26.4 Å². The van der Waals surface area contributed by atoms with E-state index in [1.807, 2.05) is 18.2 Å². The predicted molar refractivity (Wildman–Crippen MR) is 62.9 cm³/mol. The van der Waals surface area contributed by atoms with Crippen LogP contribution in [0.25, 0.3) is 0 Å². The maximum Gasteiger partial charge on any atom is 0.0889 e. The summed E-state index contributed by atoms with van der Waals surface area (Å²) in [6.45, 7) is 5.11. The van der Waals surface area contributed by atoms with Crippen molar-refractivity contribution in [2.75, 3.05) is 19.8 Å². The van der Waals surface area contributed by atoms with Gasteiger partial charge in [-0.2, -0.15) is 0 Å². The minimum Gasteiger partial charge on any atom is -0.379 e. The molecule has 1 aromatic rings. The monoisotopic (exact) mass is 224 g/mol. The molecular weight excluding hydrogens is 204 g/mol. The Balaban J connectivity index is 2.16. The third-order valence-corrected chi connectivity index (χ3v) is 2.04. The van der Waals surface area contributed by atoms with Gasteiger partial charge in [0.05, 0.1) is 31.2 Å². The summed E-state index contributed by atoms with van der Waals surface area (Å²) >= 11 is 0. The van der Waals surface area contributed by atoms with Crippen LogP contribution in [-0.2, 0) is 22.6 Å². The lowest BCUT2D eigenvalue weighted by atomic mass is 10.3. The Labute approximate surface area is 96.8 Å². The molecule has 0 aliphatic rings. The molecule has 0 saturated heterocycles. The minimum absolute atomic E-state index is 0.466. The van der Waals surface area contributed by atoms with Crippen molar-refractivity contribution in [2.45, 2.75) is 26.5 Å². The molecule has 16 heavy (non-hydrogen) atoms. The number of nitrogens with zero attached hydrogens (tertiary/aromatic N) is 1. The van der Waals surface area contributed by atoms with E-state index < -0.39 is 0 Å². The summed E-state index contributed by atoms with van der Waals surface area (Å²) in [6.07, 6.45) is 1.04. The third-order valence-electron chi connectivity index (χ3n) is 2.04. The Bertz CT molecular complexity index is 292. The number of pyridine rings is 1. The van der Waals surface area contributed by atoms with Crippen molar-refractivity contribution in [1.29, 1.82) is 0 Å². The van der Waals surface area contributed by atoms with Gasteiger partial charge in [-0.05, 0) is 18.6 Å². The average Bonchev–Trinajstić information content (AvgIpc) is 2.34. The standard InChI is InChI=1S/C12H20N2O2/c1-2-6-15-7-8-16-10-12-5-3-4-11(9-13)14-12/h3-5H,2,6-10,13H2,1H3. The lowest BCUT2D eigenvalue weighted by molar-refractivity contribution is 0.0397. The summed E-state index contributed by atoms with van der Waals surface area (Å²) < 4.78 is 10.7. The summed E-state index contributed by atoms with van der Waals surface area (Å²) in [4.78, 5) is 4.33. The Hall–Kier alpha value is -0.970. The molecule has 0 unspecified atom stereocenters. The second-order valence-corrected chi connectivity index (χ2v) is 3.49. The first-order valence-electron chi connectivity index (χ1n) is 5.67. The van der Waals surface area contributed by atoms with Crippen molar-refractivity contribution >= 4 is 0 Å². The van der Waals surface area contributed by atoms with Gasteiger partial charge in [-0.15, -0.1) is 0 Å². The molecule has 4 nitrogen and oxygen atoms in total. The highest BCUT2D eigenvalue weighted by Gasteiger charge is 1.96. The summed E-state index contributed by atoms with van der Waals surface area (Å²) in [6, 6.07) is 5.79.